The molecule has 1 aromatic heterocycles. The molecule has 0 aliphatic carbocycles. The summed E-state index contributed by atoms with van der Waals surface area (Å²) in [6.07, 6.45) is -0.696. The van der Waals surface area contributed by atoms with E-state index in [-0.39, 0.29) is 24.9 Å². The van der Waals surface area contributed by atoms with E-state index in [0.717, 1.165) is 0 Å². The Morgan fingerprint density at radius 3 is 2.30 bits per heavy atom. The first-order chi connectivity index (χ1) is 14.5. The Bertz CT molecular complexity index is 1040. The standard InChI is InChI=1S/C20H18Cl2N6O2/c21-16-2-1-3-17(22)15(16)8-18-26-19(24-10-14(30)11-29)28-20(27-18)25-13-6-4-12(9-23)5-7-13/h1-7,14,29-30H,8,10-11H2,(H2,24,25,26,27,28). The molecular formula is C20H18Cl2N6O2. The van der Waals surface area contributed by atoms with Crippen LogP contribution in [0.1, 0.15) is 17.0 Å². The van der Waals surface area contributed by atoms with E-state index in [9.17, 15) is 5.11 Å². The molecule has 8 nitrogen and oxygen atoms in total. The predicted molar refractivity (Wildman–Crippen MR) is 115 cm³/mol. The summed E-state index contributed by atoms with van der Waals surface area (Å²) >= 11 is 12.5. The van der Waals surface area contributed by atoms with Gasteiger partial charge in [-0.15, -0.1) is 0 Å². The van der Waals surface area contributed by atoms with Crippen LogP contribution in [-0.2, 0) is 6.42 Å². The number of rotatable bonds is 8. The van der Waals surface area contributed by atoms with Gasteiger partial charge in [-0.2, -0.15) is 20.2 Å². The van der Waals surface area contributed by atoms with E-state index in [1.54, 1.807) is 42.5 Å². The third kappa shape index (κ3) is 5.78. The molecule has 0 aliphatic heterocycles. The molecule has 3 rings (SSSR count). The number of halogens is 2. The van der Waals surface area contributed by atoms with Crippen molar-refractivity contribution in [3.63, 3.8) is 0 Å². The van der Waals surface area contributed by atoms with Crippen LogP contribution in [0, 0.1) is 11.3 Å². The quantitative estimate of drug-likeness (QED) is 0.417. The number of anilines is 3. The van der Waals surface area contributed by atoms with E-state index in [0.29, 0.717) is 32.7 Å². The van der Waals surface area contributed by atoms with Gasteiger partial charge in [0.05, 0.1) is 24.3 Å². The number of aromatic nitrogens is 3. The highest BCUT2D eigenvalue weighted by atomic mass is 35.5. The van der Waals surface area contributed by atoms with E-state index in [1.165, 1.54) is 0 Å². The van der Waals surface area contributed by atoms with Crippen molar-refractivity contribution in [3.8, 4) is 6.07 Å². The number of aliphatic hydroxyl groups is 2. The monoisotopic (exact) mass is 444 g/mol. The van der Waals surface area contributed by atoms with Crippen LogP contribution in [0.2, 0.25) is 10.0 Å². The summed E-state index contributed by atoms with van der Waals surface area (Å²) in [5.74, 6) is 0.873. The van der Waals surface area contributed by atoms with Crippen molar-refractivity contribution >= 4 is 40.8 Å². The molecule has 0 fully saturated rings. The summed E-state index contributed by atoms with van der Waals surface area (Å²) in [6.45, 7) is -0.334. The lowest BCUT2D eigenvalue weighted by molar-refractivity contribution is 0.105. The van der Waals surface area contributed by atoms with Gasteiger partial charge in [-0.1, -0.05) is 29.3 Å². The largest absolute Gasteiger partial charge is 0.394 e. The van der Waals surface area contributed by atoms with Gasteiger partial charge in [-0.3, -0.25) is 0 Å². The van der Waals surface area contributed by atoms with Crippen molar-refractivity contribution in [1.82, 2.24) is 15.0 Å². The average Bonchev–Trinajstić information content (AvgIpc) is 2.75. The highest BCUT2D eigenvalue weighted by Gasteiger charge is 2.13. The van der Waals surface area contributed by atoms with Crippen LogP contribution < -0.4 is 10.6 Å². The molecule has 10 heteroatoms. The third-order valence-corrected chi connectivity index (χ3v) is 4.76. The molecule has 1 unspecified atom stereocenters. The fraction of sp³-hybridized carbons (Fsp3) is 0.200. The van der Waals surface area contributed by atoms with Crippen LogP contribution in [-0.4, -0.2) is 44.4 Å². The number of nitrogens with one attached hydrogen (secondary N) is 2. The highest BCUT2D eigenvalue weighted by molar-refractivity contribution is 6.36. The van der Waals surface area contributed by atoms with Crippen molar-refractivity contribution in [2.45, 2.75) is 12.5 Å². The summed E-state index contributed by atoms with van der Waals surface area (Å²) < 4.78 is 0. The van der Waals surface area contributed by atoms with E-state index >= 15 is 0 Å². The molecule has 2 aromatic carbocycles. The molecule has 4 N–H and O–H groups in total. The van der Waals surface area contributed by atoms with Crippen molar-refractivity contribution in [2.75, 3.05) is 23.8 Å². The van der Waals surface area contributed by atoms with E-state index in [4.69, 9.17) is 33.6 Å². The van der Waals surface area contributed by atoms with Crippen molar-refractivity contribution < 1.29 is 10.2 Å². The minimum Gasteiger partial charge on any atom is -0.394 e. The van der Waals surface area contributed by atoms with Gasteiger partial charge in [0.2, 0.25) is 11.9 Å². The fourth-order valence-corrected chi connectivity index (χ4v) is 3.06. The Labute approximate surface area is 183 Å². The van der Waals surface area contributed by atoms with Gasteiger partial charge in [0, 0.05) is 28.7 Å². The minimum absolute atomic E-state index is 0.0586. The summed E-state index contributed by atoms with van der Waals surface area (Å²) in [7, 11) is 0. The van der Waals surface area contributed by atoms with Crippen molar-refractivity contribution in [1.29, 1.82) is 5.26 Å². The number of nitrogens with zero attached hydrogens (tertiary/aromatic N) is 4. The van der Waals surface area contributed by atoms with Gasteiger partial charge in [0.25, 0.3) is 0 Å². The SMILES string of the molecule is N#Cc1ccc(Nc2nc(Cc3c(Cl)cccc3Cl)nc(NCC(O)CO)n2)cc1. The van der Waals surface area contributed by atoms with Crippen LogP contribution in [0.25, 0.3) is 0 Å². The summed E-state index contributed by atoms with van der Waals surface area (Å²) in [5, 5.41) is 34.5. The maximum Gasteiger partial charge on any atom is 0.232 e. The number of aliphatic hydroxyl groups excluding tert-OH is 2. The Morgan fingerprint density at radius 2 is 1.67 bits per heavy atom. The van der Waals surface area contributed by atoms with Gasteiger partial charge >= 0.3 is 0 Å². The first kappa shape index (κ1) is 21.7. The highest BCUT2D eigenvalue weighted by Crippen LogP contribution is 2.26. The normalized spacial score (nSPS) is 11.6. The van der Waals surface area contributed by atoms with Gasteiger partial charge in [-0.25, -0.2) is 0 Å². The van der Waals surface area contributed by atoms with E-state index < -0.39 is 12.7 Å². The Hall–Kier alpha value is -2.96. The minimum atomic E-state index is -0.960. The topological polar surface area (TPSA) is 127 Å². The lowest BCUT2D eigenvalue weighted by Crippen LogP contribution is -2.24. The van der Waals surface area contributed by atoms with Crippen LogP contribution >= 0.6 is 23.2 Å². The smallest absolute Gasteiger partial charge is 0.232 e. The summed E-state index contributed by atoms with van der Waals surface area (Å²) in [5.41, 5.74) is 1.89. The molecule has 3 aromatic rings. The molecule has 0 saturated heterocycles. The lowest BCUT2D eigenvalue weighted by atomic mass is 10.1. The zero-order valence-electron chi connectivity index (χ0n) is 15.7. The first-order valence-corrected chi connectivity index (χ1v) is 9.72. The van der Waals surface area contributed by atoms with E-state index in [2.05, 4.69) is 31.7 Å². The molecular weight excluding hydrogens is 427 g/mol. The summed E-state index contributed by atoms with van der Waals surface area (Å²) in [6, 6.07) is 14.1. The molecule has 0 aliphatic rings. The average molecular weight is 445 g/mol. The number of nitriles is 1. The molecule has 0 saturated carbocycles. The van der Waals surface area contributed by atoms with Crippen LogP contribution in [0.3, 0.4) is 0 Å². The van der Waals surface area contributed by atoms with Crippen LogP contribution in [0.5, 0.6) is 0 Å². The zero-order chi connectivity index (χ0) is 21.5. The second kappa shape index (κ2) is 10.2. The second-order valence-corrected chi connectivity index (χ2v) is 7.12. The predicted octanol–water partition coefficient (Wildman–Crippen LogP) is 3.15. The van der Waals surface area contributed by atoms with Crippen molar-refractivity contribution in [3.05, 3.63) is 69.5 Å². The van der Waals surface area contributed by atoms with Crippen molar-refractivity contribution in [2.24, 2.45) is 0 Å². The van der Waals surface area contributed by atoms with Gasteiger partial charge in [-0.05, 0) is 42.0 Å². The maximum absolute atomic E-state index is 9.59. The third-order valence-electron chi connectivity index (χ3n) is 4.05. The molecule has 1 atom stereocenters. The second-order valence-electron chi connectivity index (χ2n) is 6.31. The zero-order valence-corrected chi connectivity index (χ0v) is 17.2. The number of benzene rings is 2. The van der Waals surface area contributed by atoms with Crippen LogP contribution in [0.15, 0.2) is 42.5 Å². The van der Waals surface area contributed by atoms with Gasteiger partial charge < -0.3 is 20.8 Å². The molecule has 0 amide bonds. The summed E-state index contributed by atoms with van der Waals surface area (Å²) in [4.78, 5) is 13.1. The van der Waals surface area contributed by atoms with Gasteiger partial charge in [0.15, 0.2) is 0 Å². The lowest BCUT2D eigenvalue weighted by Gasteiger charge is -2.13. The Kier molecular flexibility index (Phi) is 7.38. The number of hydrogen-bond acceptors (Lipinski definition) is 8. The maximum atomic E-state index is 9.59. The molecule has 0 spiro atoms. The number of hydrogen-bond donors (Lipinski definition) is 4. The molecule has 1 heterocycles. The molecule has 30 heavy (non-hydrogen) atoms. The Morgan fingerprint density at radius 1 is 1.00 bits per heavy atom. The van der Waals surface area contributed by atoms with Gasteiger partial charge in [0.1, 0.15) is 5.82 Å². The fourth-order valence-electron chi connectivity index (χ4n) is 2.52. The molecule has 154 valence electrons. The Balaban J connectivity index is 1.90. The first-order valence-electron chi connectivity index (χ1n) is 8.96. The van der Waals surface area contributed by atoms with Crippen LogP contribution in [0.4, 0.5) is 17.6 Å². The molecule has 0 bridgehead atoms. The molecule has 0 radical (unpaired) electrons. The van der Waals surface area contributed by atoms with E-state index in [1.807, 2.05) is 0 Å².